The van der Waals surface area contributed by atoms with Gasteiger partial charge in [0.15, 0.2) is 0 Å². The highest BCUT2D eigenvalue weighted by molar-refractivity contribution is 5.93. The molecular formula is C16H19NO3. The van der Waals surface area contributed by atoms with Crippen LogP contribution in [0.2, 0.25) is 0 Å². The zero-order chi connectivity index (χ0) is 14.1. The van der Waals surface area contributed by atoms with Crippen LogP contribution >= 0.6 is 0 Å². The van der Waals surface area contributed by atoms with Crippen LogP contribution in [0.1, 0.15) is 43.2 Å². The maximum Gasteiger partial charge on any atom is 0.374 e. The summed E-state index contributed by atoms with van der Waals surface area (Å²) in [6, 6.07) is 7.01. The molecule has 1 fully saturated rings. The summed E-state index contributed by atoms with van der Waals surface area (Å²) in [5.41, 5.74) is 7.02. The van der Waals surface area contributed by atoms with Gasteiger partial charge >= 0.3 is 5.97 Å². The van der Waals surface area contributed by atoms with Gasteiger partial charge in [-0.25, -0.2) is 4.79 Å². The number of rotatable bonds is 2. The van der Waals surface area contributed by atoms with Crippen molar-refractivity contribution in [1.82, 2.24) is 0 Å². The number of nitrogens with two attached hydrogens (primary N) is 1. The second-order valence-corrected chi connectivity index (χ2v) is 5.71. The molecule has 0 saturated heterocycles. The van der Waals surface area contributed by atoms with Gasteiger partial charge in [0, 0.05) is 11.1 Å². The monoisotopic (exact) mass is 273 g/mol. The van der Waals surface area contributed by atoms with Crippen LogP contribution in [0.25, 0.3) is 11.0 Å². The van der Waals surface area contributed by atoms with E-state index in [4.69, 9.17) is 14.9 Å². The summed E-state index contributed by atoms with van der Waals surface area (Å²) in [5, 5.41) is 0.828. The number of ether oxygens (including phenoxy) is 1. The first-order valence-electron chi connectivity index (χ1n) is 7.12. The van der Waals surface area contributed by atoms with Crippen molar-refractivity contribution in [3.8, 4) is 0 Å². The first-order valence-corrected chi connectivity index (χ1v) is 7.12. The van der Waals surface area contributed by atoms with Crippen LogP contribution in [-0.4, -0.2) is 12.1 Å². The van der Waals surface area contributed by atoms with Crippen molar-refractivity contribution in [2.24, 2.45) is 5.92 Å². The molecular weight excluding hydrogens is 254 g/mol. The van der Waals surface area contributed by atoms with E-state index in [9.17, 15) is 4.79 Å². The number of hydrogen-bond acceptors (Lipinski definition) is 4. The predicted octanol–water partition coefficient (Wildman–Crippen LogP) is 3.75. The summed E-state index contributed by atoms with van der Waals surface area (Å²) >= 11 is 0. The molecule has 2 unspecified atom stereocenters. The Bertz CT molecular complexity index is 632. The van der Waals surface area contributed by atoms with E-state index in [1.54, 1.807) is 24.3 Å². The summed E-state index contributed by atoms with van der Waals surface area (Å²) in [6.07, 6.45) is 4.25. The molecule has 1 aliphatic rings. The van der Waals surface area contributed by atoms with Crippen molar-refractivity contribution < 1.29 is 13.9 Å². The molecule has 0 spiro atoms. The molecule has 20 heavy (non-hydrogen) atoms. The number of carbonyl (C=O) groups is 1. The van der Waals surface area contributed by atoms with Crippen LogP contribution in [0.4, 0.5) is 5.69 Å². The second-order valence-electron chi connectivity index (χ2n) is 5.71. The Labute approximate surface area is 117 Å². The van der Waals surface area contributed by atoms with Gasteiger partial charge in [0.05, 0.1) is 0 Å². The van der Waals surface area contributed by atoms with Crippen molar-refractivity contribution in [1.29, 1.82) is 0 Å². The van der Waals surface area contributed by atoms with E-state index < -0.39 is 0 Å². The van der Waals surface area contributed by atoms with E-state index in [0.29, 0.717) is 17.2 Å². The summed E-state index contributed by atoms with van der Waals surface area (Å²) in [4.78, 5) is 12.1. The summed E-state index contributed by atoms with van der Waals surface area (Å²) < 4.78 is 11.1. The Morgan fingerprint density at radius 2 is 2.20 bits per heavy atom. The largest absolute Gasteiger partial charge is 0.457 e. The molecule has 0 radical (unpaired) electrons. The maximum absolute atomic E-state index is 12.1. The molecule has 0 bridgehead atoms. The predicted molar refractivity (Wildman–Crippen MR) is 77.5 cm³/mol. The van der Waals surface area contributed by atoms with E-state index in [1.807, 2.05) is 0 Å². The minimum absolute atomic E-state index is 0.0181. The number of hydrogen-bond donors (Lipinski definition) is 1. The van der Waals surface area contributed by atoms with Crippen LogP contribution in [0.15, 0.2) is 28.7 Å². The van der Waals surface area contributed by atoms with Crippen molar-refractivity contribution in [3.05, 3.63) is 30.0 Å². The molecule has 4 nitrogen and oxygen atoms in total. The average Bonchev–Trinajstić information content (AvgIpc) is 2.81. The number of furan rings is 1. The van der Waals surface area contributed by atoms with E-state index in [1.165, 1.54) is 6.42 Å². The topological polar surface area (TPSA) is 65.5 Å². The number of fused-ring (bicyclic) bond motifs is 1. The minimum atomic E-state index is -0.376. The van der Waals surface area contributed by atoms with Gasteiger partial charge < -0.3 is 14.9 Å². The fraction of sp³-hybridized carbons (Fsp3) is 0.438. The highest BCUT2D eigenvalue weighted by Gasteiger charge is 2.24. The Kier molecular flexibility index (Phi) is 3.38. The van der Waals surface area contributed by atoms with Crippen molar-refractivity contribution in [2.75, 3.05) is 5.73 Å². The average molecular weight is 273 g/mol. The zero-order valence-electron chi connectivity index (χ0n) is 11.6. The van der Waals surface area contributed by atoms with Gasteiger partial charge in [0.2, 0.25) is 5.76 Å². The smallest absolute Gasteiger partial charge is 0.374 e. The first-order chi connectivity index (χ1) is 9.61. The maximum atomic E-state index is 12.1. The molecule has 106 valence electrons. The van der Waals surface area contributed by atoms with Crippen LogP contribution in [-0.2, 0) is 4.74 Å². The Hall–Kier alpha value is -1.97. The third-order valence-corrected chi connectivity index (χ3v) is 3.90. The van der Waals surface area contributed by atoms with Crippen molar-refractivity contribution >= 4 is 22.6 Å². The van der Waals surface area contributed by atoms with Crippen LogP contribution < -0.4 is 5.73 Å². The lowest BCUT2D eigenvalue weighted by atomic mass is 9.89. The standard InChI is InChI=1S/C16H19NO3/c1-10-3-2-4-13(7-10)19-16(18)15-9-11-8-12(17)5-6-14(11)20-15/h5-6,8-10,13H,2-4,7,17H2,1H3. The first kappa shape index (κ1) is 13.0. The van der Waals surface area contributed by atoms with Crippen molar-refractivity contribution in [3.63, 3.8) is 0 Å². The van der Waals surface area contributed by atoms with Gasteiger partial charge in [-0.2, -0.15) is 0 Å². The molecule has 1 aliphatic carbocycles. The van der Waals surface area contributed by atoms with Crippen molar-refractivity contribution in [2.45, 2.75) is 38.7 Å². The van der Waals surface area contributed by atoms with E-state index in [0.717, 1.165) is 24.6 Å². The molecule has 1 aromatic heterocycles. The molecule has 2 aromatic rings. The van der Waals surface area contributed by atoms with E-state index >= 15 is 0 Å². The Morgan fingerprint density at radius 3 is 3.00 bits per heavy atom. The fourth-order valence-corrected chi connectivity index (χ4v) is 2.86. The van der Waals surface area contributed by atoms with Crippen LogP contribution in [0.5, 0.6) is 0 Å². The highest BCUT2D eigenvalue weighted by Crippen LogP contribution is 2.27. The number of anilines is 1. The minimum Gasteiger partial charge on any atom is -0.457 e. The van der Waals surface area contributed by atoms with E-state index in [-0.39, 0.29) is 17.8 Å². The molecule has 4 heteroatoms. The molecule has 3 rings (SSSR count). The lowest BCUT2D eigenvalue weighted by Gasteiger charge is -2.26. The summed E-state index contributed by atoms with van der Waals surface area (Å²) in [6.45, 7) is 2.20. The Morgan fingerprint density at radius 1 is 1.35 bits per heavy atom. The number of benzene rings is 1. The van der Waals surface area contributed by atoms with Gasteiger partial charge in [0.25, 0.3) is 0 Å². The van der Waals surface area contributed by atoms with Crippen LogP contribution in [0, 0.1) is 5.92 Å². The van der Waals surface area contributed by atoms with Gasteiger partial charge in [-0.1, -0.05) is 13.3 Å². The highest BCUT2D eigenvalue weighted by atomic mass is 16.6. The molecule has 0 amide bonds. The molecule has 2 N–H and O–H groups in total. The normalized spacial score (nSPS) is 22.9. The third-order valence-electron chi connectivity index (χ3n) is 3.90. The second kappa shape index (κ2) is 5.19. The summed E-state index contributed by atoms with van der Waals surface area (Å²) in [5.74, 6) is 0.500. The third kappa shape index (κ3) is 2.64. The van der Waals surface area contributed by atoms with Gasteiger partial charge in [-0.3, -0.25) is 0 Å². The lowest BCUT2D eigenvalue weighted by molar-refractivity contribution is 0.0124. The number of esters is 1. The molecule has 0 aliphatic heterocycles. The zero-order valence-corrected chi connectivity index (χ0v) is 11.6. The summed E-state index contributed by atoms with van der Waals surface area (Å²) in [7, 11) is 0. The van der Waals surface area contributed by atoms with Crippen LogP contribution in [0.3, 0.4) is 0 Å². The quantitative estimate of drug-likeness (QED) is 0.668. The lowest BCUT2D eigenvalue weighted by Crippen LogP contribution is -2.24. The molecule has 1 aromatic carbocycles. The molecule has 1 saturated carbocycles. The molecule has 2 atom stereocenters. The SMILES string of the molecule is CC1CCCC(OC(=O)c2cc3cc(N)ccc3o2)C1. The molecule has 1 heterocycles. The number of carbonyl (C=O) groups excluding carboxylic acids is 1. The number of nitrogen functional groups attached to an aromatic ring is 1. The Balaban J connectivity index is 1.75. The van der Waals surface area contributed by atoms with E-state index in [2.05, 4.69) is 6.92 Å². The van der Waals surface area contributed by atoms with Gasteiger partial charge in [0.1, 0.15) is 11.7 Å². The van der Waals surface area contributed by atoms with Gasteiger partial charge in [-0.15, -0.1) is 0 Å². The fourth-order valence-electron chi connectivity index (χ4n) is 2.86. The van der Waals surface area contributed by atoms with Gasteiger partial charge in [-0.05, 0) is 49.4 Å².